The van der Waals surface area contributed by atoms with Crippen LogP contribution in [0.5, 0.6) is 0 Å². The summed E-state index contributed by atoms with van der Waals surface area (Å²) < 4.78 is 5.03. The van der Waals surface area contributed by atoms with E-state index in [4.69, 9.17) is 9.84 Å². The Bertz CT molecular complexity index is 443. The Labute approximate surface area is 117 Å². The molecule has 1 amide bonds. The van der Waals surface area contributed by atoms with E-state index in [-0.39, 0.29) is 18.6 Å². The topological polar surface area (TPSA) is 71.5 Å². The first-order valence-electron chi connectivity index (χ1n) is 6.52. The summed E-state index contributed by atoms with van der Waals surface area (Å²) in [5.74, 6) is 0.450. The van der Waals surface area contributed by atoms with E-state index in [1.165, 1.54) is 11.3 Å². The second-order valence-electron chi connectivity index (χ2n) is 4.88. The van der Waals surface area contributed by atoms with Gasteiger partial charge < -0.3 is 15.2 Å². The number of aliphatic hydroxyl groups is 1. The molecule has 0 radical (unpaired) electrons. The number of aliphatic hydroxyl groups excluding tert-OH is 1. The van der Waals surface area contributed by atoms with Gasteiger partial charge in [-0.1, -0.05) is 0 Å². The van der Waals surface area contributed by atoms with Gasteiger partial charge in [-0.2, -0.15) is 0 Å². The molecule has 1 aromatic rings. The fraction of sp³-hybridized carbons (Fsp3) is 0.692. The van der Waals surface area contributed by atoms with Crippen LogP contribution in [0.3, 0.4) is 0 Å². The molecule has 0 bridgehead atoms. The lowest BCUT2D eigenvalue weighted by Gasteiger charge is -2.16. The smallest absolute Gasteiger partial charge is 0.263 e. The van der Waals surface area contributed by atoms with Gasteiger partial charge in [-0.15, -0.1) is 11.3 Å². The largest absolute Gasteiger partial charge is 0.396 e. The van der Waals surface area contributed by atoms with Crippen LogP contribution in [-0.2, 0) is 11.3 Å². The van der Waals surface area contributed by atoms with Crippen LogP contribution in [0.4, 0.5) is 0 Å². The van der Waals surface area contributed by atoms with Gasteiger partial charge in [-0.3, -0.25) is 4.79 Å². The Kier molecular flexibility index (Phi) is 4.90. The van der Waals surface area contributed by atoms with Gasteiger partial charge in [0.25, 0.3) is 5.91 Å². The van der Waals surface area contributed by atoms with Crippen LogP contribution < -0.4 is 5.32 Å². The van der Waals surface area contributed by atoms with Gasteiger partial charge in [0.1, 0.15) is 9.88 Å². The summed E-state index contributed by atoms with van der Waals surface area (Å²) in [5.41, 5.74) is 0.744. The third-order valence-electron chi connectivity index (χ3n) is 3.26. The highest BCUT2D eigenvalue weighted by Gasteiger charge is 2.32. The van der Waals surface area contributed by atoms with Crippen molar-refractivity contribution >= 4 is 17.2 Å². The molecule has 2 N–H and O–H groups in total. The van der Waals surface area contributed by atoms with Crippen molar-refractivity contribution < 1.29 is 14.6 Å². The maximum atomic E-state index is 12.2. The van der Waals surface area contributed by atoms with Crippen molar-refractivity contribution in [3.63, 3.8) is 0 Å². The number of carbonyl (C=O) groups is 1. The van der Waals surface area contributed by atoms with Crippen molar-refractivity contribution in [2.45, 2.75) is 38.8 Å². The number of nitrogens with zero attached hydrogens (tertiary/aromatic N) is 1. The highest BCUT2D eigenvalue weighted by Crippen LogP contribution is 2.34. The van der Waals surface area contributed by atoms with Crippen molar-refractivity contribution in [3.05, 3.63) is 15.6 Å². The maximum Gasteiger partial charge on any atom is 0.263 e. The molecule has 1 saturated carbocycles. The molecule has 5 nitrogen and oxygen atoms in total. The van der Waals surface area contributed by atoms with E-state index >= 15 is 0 Å². The Hall–Kier alpha value is -0.980. The molecule has 1 heterocycles. The quantitative estimate of drug-likeness (QED) is 0.796. The zero-order valence-electron chi connectivity index (χ0n) is 11.3. The second kappa shape index (κ2) is 6.45. The zero-order valence-corrected chi connectivity index (χ0v) is 12.1. The molecule has 106 valence electrons. The molecule has 1 aliphatic carbocycles. The van der Waals surface area contributed by atoms with Crippen LogP contribution in [0.25, 0.3) is 0 Å². The van der Waals surface area contributed by atoms with Gasteiger partial charge in [-0.25, -0.2) is 4.98 Å². The Morgan fingerprint density at radius 2 is 2.37 bits per heavy atom. The molecule has 0 spiro atoms. The van der Waals surface area contributed by atoms with E-state index in [9.17, 15) is 4.79 Å². The van der Waals surface area contributed by atoms with Gasteiger partial charge in [0.05, 0.1) is 12.3 Å². The standard InChI is InChI=1S/C13H20N2O3S/c1-8-12(19-11(14-8)7-18-2)13(17)15-10(5-6-16)9-3-4-9/h9-10,16H,3-7H2,1-2H3,(H,15,17). The number of carbonyl (C=O) groups excluding carboxylic acids is 1. The van der Waals surface area contributed by atoms with Crippen molar-refractivity contribution in [1.82, 2.24) is 10.3 Å². The van der Waals surface area contributed by atoms with Gasteiger partial charge in [0.15, 0.2) is 0 Å². The molecule has 1 atom stereocenters. The van der Waals surface area contributed by atoms with E-state index in [0.717, 1.165) is 23.5 Å². The molecule has 19 heavy (non-hydrogen) atoms. The number of aryl methyl sites for hydroxylation is 1. The third kappa shape index (κ3) is 3.75. The molecule has 0 aromatic carbocycles. The summed E-state index contributed by atoms with van der Waals surface area (Å²) in [5, 5.41) is 12.9. The van der Waals surface area contributed by atoms with E-state index < -0.39 is 0 Å². The van der Waals surface area contributed by atoms with E-state index in [1.54, 1.807) is 7.11 Å². The van der Waals surface area contributed by atoms with Crippen molar-refractivity contribution in [3.8, 4) is 0 Å². The predicted molar refractivity (Wildman–Crippen MR) is 73.2 cm³/mol. The van der Waals surface area contributed by atoms with Gasteiger partial charge in [-0.05, 0) is 32.1 Å². The minimum Gasteiger partial charge on any atom is -0.396 e. The average Bonchev–Trinajstić information content (AvgIpc) is 3.14. The first-order valence-corrected chi connectivity index (χ1v) is 7.34. The highest BCUT2D eigenvalue weighted by molar-refractivity contribution is 7.13. The lowest BCUT2D eigenvalue weighted by molar-refractivity contribution is 0.0927. The molecule has 1 aliphatic rings. The summed E-state index contributed by atoms with van der Waals surface area (Å²) in [6.07, 6.45) is 2.91. The van der Waals surface area contributed by atoms with Crippen LogP contribution in [0.2, 0.25) is 0 Å². The van der Waals surface area contributed by atoms with E-state index in [1.807, 2.05) is 6.92 Å². The average molecular weight is 284 g/mol. The molecule has 1 fully saturated rings. The molecule has 1 unspecified atom stereocenters. The molecule has 0 saturated heterocycles. The first-order chi connectivity index (χ1) is 9.15. The number of hydrogen-bond donors (Lipinski definition) is 2. The monoisotopic (exact) mass is 284 g/mol. The number of amides is 1. The van der Waals surface area contributed by atoms with Gasteiger partial charge >= 0.3 is 0 Å². The zero-order chi connectivity index (χ0) is 13.8. The molecule has 0 aliphatic heterocycles. The highest BCUT2D eigenvalue weighted by atomic mass is 32.1. The van der Waals surface area contributed by atoms with Crippen LogP contribution >= 0.6 is 11.3 Å². The van der Waals surface area contributed by atoms with Crippen LogP contribution in [0.1, 0.15) is 39.6 Å². The fourth-order valence-corrected chi connectivity index (χ4v) is 3.09. The number of methoxy groups -OCH3 is 1. The minimum atomic E-state index is -0.0808. The van der Waals surface area contributed by atoms with Crippen LogP contribution in [-0.4, -0.2) is 35.8 Å². The van der Waals surface area contributed by atoms with Crippen molar-refractivity contribution in [2.24, 2.45) is 5.92 Å². The van der Waals surface area contributed by atoms with Gasteiger partial charge in [0.2, 0.25) is 0 Å². The van der Waals surface area contributed by atoms with Gasteiger partial charge in [0, 0.05) is 19.8 Å². The SMILES string of the molecule is COCc1nc(C)c(C(=O)NC(CCO)C2CC2)s1. The fourth-order valence-electron chi connectivity index (χ4n) is 2.15. The molecule has 6 heteroatoms. The number of hydrogen-bond acceptors (Lipinski definition) is 5. The lowest BCUT2D eigenvalue weighted by Crippen LogP contribution is -2.37. The first kappa shape index (κ1) is 14.4. The van der Waals surface area contributed by atoms with Crippen molar-refractivity contribution in [2.75, 3.05) is 13.7 Å². The summed E-state index contributed by atoms with van der Waals surface area (Å²) in [6.45, 7) is 2.38. The summed E-state index contributed by atoms with van der Waals surface area (Å²) in [4.78, 5) is 17.2. The Morgan fingerprint density at radius 3 is 2.95 bits per heavy atom. The minimum absolute atomic E-state index is 0.0808. The summed E-state index contributed by atoms with van der Waals surface area (Å²) in [7, 11) is 1.61. The molecular weight excluding hydrogens is 264 g/mol. The second-order valence-corrected chi connectivity index (χ2v) is 5.97. The Balaban J connectivity index is 2.01. The summed E-state index contributed by atoms with van der Waals surface area (Å²) in [6, 6.07) is 0.0878. The normalized spacial score (nSPS) is 16.4. The Morgan fingerprint density at radius 1 is 1.63 bits per heavy atom. The predicted octanol–water partition coefficient (Wildman–Crippen LogP) is 1.49. The maximum absolute atomic E-state index is 12.2. The molecule has 1 aromatic heterocycles. The number of aromatic nitrogens is 1. The third-order valence-corrected chi connectivity index (χ3v) is 4.39. The number of nitrogens with one attached hydrogen (secondary N) is 1. The number of ether oxygens (including phenoxy) is 1. The van der Waals surface area contributed by atoms with Crippen molar-refractivity contribution in [1.29, 1.82) is 0 Å². The number of thiazole rings is 1. The van der Waals surface area contributed by atoms with Crippen LogP contribution in [0, 0.1) is 12.8 Å². The van der Waals surface area contributed by atoms with E-state index in [2.05, 4.69) is 10.3 Å². The number of rotatable bonds is 7. The molecule has 2 rings (SSSR count). The molecular formula is C13H20N2O3S. The van der Waals surface area contributed by atoms with Crippen LogP contribution in [0.15, 0.2) is 0 Å². The summed E-state index contributed by atoms with van der Waals surface area (Å²) >= 11 is 1.37. The lowest BCUT2D eigenvalue weighted by atomic mass is 10.1. The van der Waals surface area contributed by atoms with E-state index in [0.29, 0.717) is 23.8 Å².